The molecule has 1 fully saturated rings. The van der Waals surface area contributed by atoms with Crippen molar-refractivity contribution in [3.8, 4) is 5.75 Å². The number of hydrogen-bond donors (Lipinski definition) is 2. The van der Waals surface area contributed by atoms with Gasteiger partial charge in [0.1, 0.15) is 11.6 Å². The van der Waals surface area contributed by atoms with Gasteiger partial charge in [-0.05, 0) is 35.9 Å². The van der Waals surface area contributed by atoms with Crippen LogP contribution < -0.4 is 20.3 Å². The molecule has 1 atom stereocenters. The van der Waals surface area contributed by atoms with E-state index in [0.717, 1.165) is 59.9 Å². The highest BCUT2D eigenvalue weighted by molar-refractivity contribution is 9.10. The van der Waals surface area contributed by atoms with Crippen molar-refractivity contribution in [1.82, 2.24) is 15.6 Å². The molecule has 2 aliphatic rings. The zero-order valence-corrected chi connectivity index (χ0v) is 17.1. The van der Waals surface area contributed by atoms with Crippen molar-refractivity contribution in [2.24, 2.45) is 0 Å². The summed E-state index contributed by atoms with van der Waals surface area (Å²) in [7, 11) is 0. The number of ether oxygens (including phenoxy) is 2. The van der Waals surface area contributed by atoms with Gasteiger partial charge in [0.15, 0.2) is 0 Å². The first-order valence-electron chi connectivity index (χ1n) is 9.43. The number of pyridine rings is 1. The van der Waals surface area contributed by atoms with Crippen LogP contribution in [0, 0.1) is 0 Å². The molecule has 0 bridgehead atoms. The molecule has 7 nitrogen and oxygen atoms in total. The van der Waals surface area contributed by atoms with Crippen LogP contribution in [0.1, 0.15) is 23.6 Å². The second-order valence-corrected chi connectivity index (χ2v) is 7.74. The summed E-state index contributed by atoms with van der Waals surface area (Å²) in [5, 5.41) is 6.01. The van der Waals surface area contributed by atoms with Gasteiger partial charge in [-0.1, -0.05) is 15.9 Å². The van der Waals surface area contributed by atoms with Crippen molar-refractivity contribution in [2.45, 2.75) is 19.0 Å². The number of aromatic nitrogens is 1. The van der Waals surface area contributed by atoms with Gasteiger partial charge in [-0.3, -0.25) is 0 Å². The Morgan fingerprint density at radius 2 is 2.07 bits per heavy atom. The minimum Gasteiger partial charge on any atom is -0.493 e. The quantitative estimate of drug-likeness (QED) is 0.754. The topological polar surface area (TPSA) is 75.7 Å². The molecule has 2 aliphatic heterocycles. The van der Waals surface area contributed by atoms with Gasteiger partial charge < -0.3 is 25.0 Å². The van der Waals surface area contributed by atoms with Crippen LogP contribution in [0.3, 0.4) is 0 Å². The van der Waals surface area contributed by atoms with E-state index in [-0.39, 0.29) is 12.1 Å². The van der Waals surface area contributed by atoms with Crippen LogP contribution in [0.4, 0.5) is 10.6 Å². The normalized spacial score (nSPS) is 18.8. The van der Waals surface area contributed by atoms with E-state index in [4.69, 9.17) is 9.47 Å². The Hall–Kier alpha value is -2.32. The fourth-order valence-corrected chi connectivity index (χ4v) is 3.82. The lowest BCUT2D eigenvalue weighted by atomic mass is 10.0. The number of hydrogen-bond acceptors (Lipinski definition) is 5. The Kier molecular flexibility index (Phi) is 5.97. The summed E-state index contributed by atoms with van der Waals surface area (Å²) >= 11 is 3.48. The number of carbonyl (C=O) groups excluding carboxylic acids is 1. The maximum Gasteiger partial charge on any atom is 0.315 e. The fourth-order valence-electron chi connectivity index (χ4n) is 3.44. The van der Waals surface area contributed by atoms with Crippen molar-refractivity contribution in [1.29, 1.82) is 0 Å². The second kappa shape index (κ2) is 8.79. The highest BCUT2D eigenvalue weighted by atomic mass is 79.9. The van der Waals surface area contributed by atoms with Crippen molar-refractivity contribution in [3.63, 3.8) is 0 Å². The summed E-state index contributed by atoms with van der Waals surface area (Å²) in [6, 6.07) is 9.55. The van der Waals surface area contributed by atoms with Crippen molar-refractivity contribution in [2.75, 3.05) is 37.8 Å². The summed E-state index contributed by atoms with van der Waals surface area (Å²) in [4.78, 5) is 19.1. The maximum atomic E-state index is 12.4. The lowest BCUT2D eigenvalue weighted by molar-refractivity contribution is 0.122. The van der Waals surface area contributed by atoms with Crippen LogP contribution in [0.15, 0.2) is 41.0 Å². The van der Waals surface area contributed by atoms with E-state index in [2.05, 4.69) is 36.4 Å². The number of morpholine rings is 1. The minimum atomic E-state index is -0.192. The third-order valence-corrected chi connectivity index (χ3v) is 5.41. The average Bonchev–Trinajstić information content (AvgIpc) is 2.73. The van der Waals surface area contributed by atoms with Gasteiger partial charge >= 0.3 is 6.03 Å². The zero-order chi connectivity index (χ0) is 19.3. The molecule has 0 aliphatic carbocycles. The number of nitrogens with zero attached hydrogens (tertiary/aromatic N) is 2. The Bertz CT molecular complexity index is 842. The van der Waals surface area contributed by atoms with Crippen LogP contribution in [0.25, 0.3) is 0 Å². The number of halogens is 1. The highest BCUT2D eigenvalue weighted by Crippen LogP contribution is 2.34. The highest BCUT2D eigenvalue weighted by Gasteiger charge is 2.23. The predicted molar refractivity (Wildman–Crippen MR) is 110 cm³/mol. The van der Waals surface area contributed by atoms with E-state index < -0.39 is 0 Å². The van der Waals surface area contributed by atoms with Crippen LogP contribution in [-0.2, 0) is 11.3 Å². The first-order valence-corrected chi connectivity index (χ1v) is 10.2. The molecule has 148 valence electrons. The van der Waals surface area contributed by atoms with Gasteiger partial charge in [-0.15, -0.1) is 0 Å². The molecule has 8 heteroatoms. The molecule has 1 saturated heterocycles. The molecule has 4 rings (SSSR count). The Labute approximate surface area is 172 Å². The molecule has 1 aromatic carbocycles. The third kappa shape index (κ3) is 4.56. The van der Waals surface area contributed by atoms with E-state index in [9.17, 15) is 4.79 Å². The number of fused-ring (bicyclic) bond motifs is 1. The van der Waals surface area contributed by atoms with Crippen LogP contribution in [0.2, 0.25) is 0 Å². The molecule has 1 aromatic heterocycles. The molecule has 0 radical (unpaired) electrons. The largest absolute Gasteiger partial charge is 0.493 e. The zero-order valence-electron chi connectivity index (χ0n) is 15.5. The standard InChI is InChI=1S/C20H23BrN4O3/c21-15-1-2-18-16(12-15)17(4-8-28-18)24-20(26)23-13-14-3-5-22-19(11-14)25-6-9-27-10-7-25/h1-3,5,11-12,17H,4,6-10,13H2,(H2,23,24,26). The summed E-state index contributed by atoms with van der Waals surface area (Å²) < 4.78 is 12.0. The predicted octanol–water partition coefficient (Wildman–Crippen LogP) is 3.00. The van der Waals surface area contributed by atoms with Gasteiger partial charge in [0.05, 0.1) is 25.9 Å². The van der Waals surface area contributed by atoms with Gasteiger partial charge in [-0.2, -0.15) is 0 Å². The molecule has 2 aromatic rings. The van der Waals surface area contributed by atoms with E-state index in [1.807, 2.05) is 30.3 Å². The lowest BCUT2D eigenvalue weighted by Gasteiger charge is -2.28. The molecular formula is C20H23BrN4O3. The van der Waals surface area contributed by atoms with Gasteiger partial charge in [0.2, 0.25) is 0 Å². The molecule has 1 unspecified atom stereocenters. The molecule has 0 spiro atoms. The summed E-state index contributed by atoms with van der Waals surface area (Å²) in [6.45, 7) is 4.14. The first-order chi connectivity index (χ1) is 13.7. The smallest absolute Gasteiger partial charge is 0.315 e. The van der Waals surface area contributed by atoms with E-state index in [1.54, 1.807) is 6.20 Å². The van der Waals surface area contributed by atoms with Crippen LogP contribution in [0.5, 0.6) is 5.75 Å². The summed E-state index contributed by atoms with van der Waals surface area (Å²) in [5.74, 6) is 1.75. The van der Waals surface area contributed by atoms with E-state index >= 15 is 0 Å². The number of anilines is 1. The number of carbonyl (C=O) groups is 1. The van der Waals surface area contributed by atoms with Gasteiger partial charge in [0.25, 0.3) is 0 Å². The van der Waals surface area contributed by atoms with E-state index in [0.29, 0.717) is 13.2 Å². The van der Waals surface area contributed by atoms with Gasteiger partial charge in [0, 0.05) is 42.3 Å². The molecule has 2 N–H and O–H groups in total. The summed E-state index contributed by atoms with van der Waals surface area (Å²) in [6.07, 6.45) is 2.53. The first kappa shape index (κ1) is 19.0. The van der Waals surface area contributed by atoms with Crippen molar-refractivity contribution < 1.29 is 14.3 Å². The molecule has 2 amide bonds. The minimum absolute atomic E-state index is 0.0670. The number of benzene rings is 1. The second-order valence-electron chi connectivity index (χ2n) is 6.82. The Balaban J connectivity index is 1.35. The molecule has 0 saturated carbocycles. The fraction of sp³-hybridized carbons (Fsp3) is 0.400. The Morgan fingerprint density at radius 3 is 2.93 bits per heavy atom. The van der Waals surface area contributed by atoms with Crippen LogP contribution >= 0.6 is 15.9 Å². The number of amides is 2. The molecule has 28 heavy (non-hydrogen) atoms. The SMILES string of the molecule is O=C(NCc1ccnc(N2CCOCC2)c1)NC1CCOc2ccc(Br)cc21. The summed E-state index contributed by atoms with van der Waals surface area (Å²) in [5.41, 5.74) is 2.01. The maximum absolute atomic E-state index is 12.4. The molecule has 3 heterocycles. The van der Waals surface area contributed by atoms with Crippen molar-refractivity contribution >= 4 is 27.8 Å². The third-order valence-electron chi connectivity index (χ3n) is 4.91. The van der Waals surface area contributed by atoms with Crippen molar-refractivity contribution in [3.05, 3.63) is 52.1 Å². The number of rotatable bonds is 4. The molecular weight excluding hydrogens is 424 g/mol. The van der Waals surface area contributed by atoms with E-state index in [1.165, 1.54) is 0 Å². The van der Waals surface area contributed by atoms with Gasteiger partial charge in [-0.25, -0.2) is 9.78 Å². The number of nitrogens with one attached hydrogen (secondary N) is 2. The Morgan fingerprint density at radius 1 is 1.21 bits per heavy atom. The number of urea groups is 1. The average molecular weight is 447 g/mol. The monoisotopic (exact) mass is 446 g/mol. The van der Waals surface area contributed by atoms with Crippen LogP contribution in [-0.4, -0.2) is 43.9 Å². The lowest BCUT2D eigenvalue weighted by Crippen LogP contribution is -2.39.